The molecule has 106 valence electrons. The number of hydrogen-bond donors (Lipinski definition) is 2. The number of halogens is 1. The van der Waals surface area contributed by atoms with Crippen molar-refractivity contribution in [2.24, 2.45) is 5.14 Å². The van der Waals surface area contributed by atoms with Crippen molar-refractivity contribution in [2.45, 2.75) is 17.9 Å². The zero-order valence-corrected chi connectivity index (χ0v) is 13.1. The zero-order valence-electron chi connectivity index (χ0n) is 10.7. The summed E-state index contributed by atoms with van der Waals surface area (Å²) in [6.07, 6.45) is 1.73. The second-order valence-electron chi connectivity index (χ2n) is 4.31. The minimum Gasteiger partial charge on any atom is -0.376 e. The molecule has 0 aliphatic rings. The number of sulfonamides is 1. The second-order valence-corrected chi connectivity index (χ2v) is 6.72. The van der Waals surface area contributed by atoms with Gasteiger partial charge in [-0.3, -0.25) is 4.98 Å². The third-order valence-electron chi connectivity index (χ3n) is 2.77. The van der Waals surface area contributed by atoms with E-state index in [1.165, 1.54) is 12.1 Å². The minimum absolute atomic E-state index is 0.00664. The highest BCUT2D eigenvalue weighted by Crippen LogP contribution is 2.28. The molecule has 3 N–H and O–H groups in total. The molecule has 0 amide bonds. The number of aromatic nitrogens is 1. The van der Waals surface area contributed by atoms with Crippen molar-refractivity contribution >= 4 is 31.6 Å². The maximum atomic E-state index is 11.3. The number of benzene rings is 1. The van der Waals surface area contributed by atoms with Gasteiger partial charge < -0.3 is 5.32 Å². The maximum absolute atomic E-state index is 11.3. The molecule has 0 radical (unpaired) electrons. The first-order chi connectivity index (χ1) is 9.38. The zero-order chi connectivity index (χ0) is 14.8. The average Bonchev–Trinajstić information content (AvgIpc) is 2.41. The monoisotopic (exact) mass is 355 g/mol. The molecule has 2 aromatic rings. The molecule has 0 bridgehead atoms. The summed E-state index contributed by atoms with van der Waals surface area (Å²) in [6, 6.07) is 10.3. The van der Waals surface area contributed by atoms with Crippen molar-refractivity contribution in [3.05, 3.63) is 52.8 Å². The smallest absolute Gasteiger partial charge is 0.238 e. The topological polar surface area (TPSA) is 85.1 Å². The summed E-state index contributed by atoms with van der Waals surface area (Å²) in [5, 5.41) is 8.35. The molecule has 1 unspecified atom stereocenters. The van der Waals surface area contributed by atoms with Crippen LogP contribution in [0.3, 0.4) is 0 Å². The van der Waals surface area contributed by atoms with Crippen LogP contribution in [0.15, 0.2) is 52.0 Å². The maximum Gasteiger partial charge on any atom is 0.238 e. The highest BCUT2D eigenvalue weighted by Gasteiger charge is 2.12. The van der Waals surface area contributed by atoms with Crippen LogP contribution in [-0.4, -0.2) is 13.4 Å². The summed E-state index contributed by atoms with van der Waals surface area (Å²) < 4.78 is 23.2. The van der Waals surface area contributed by atoms with Gasteiger partial charge in [0.25, 0.3) is 0 Å². The summed E-state index contributed by atoms with van der Waals surface area (Å²) in [7, 11) is -3.69. The number of primary sulfonamides is 1. The number of nitrogens with one attached hydrogen (secondary N) is 1. The molecule has 1 heterocycles. The summed E-state index contributed by atoms with van der Waals surface area (Å²) >= 11 is 3.34. The van der Waals surface area contributed by atoms with Gasteiger partial charge in [-0.05, 0) is 53.2 Å². The van der Waals surface area contributed by atoms with E-state index < -0.39 is 10.0 Å². The number of anilines is 1. The lowest BCUT2D eigenvalue weighted by atomic mass is 10.2. The van der Waals surface area contributed by atoms with E-state index in [4.69, 9.17) is 5.14 Å². The van der Waals surface area contributed by atoms with E-state index in [-0.39, 0.29) is 10.9 Å². The van der Waals surface area contributed by atoms with Gasteiger partial charge in [0.05, 0.1) is 16.6 Å². The van der Waals surface area contributed by atoms with E-state index in [0.717, 1.165) is 11.4 Å². The Balaban J connectivity index is 2.23. The third-order valence-corrected chi connectivity index (χ3v) is 4.34. The van der Waals surface area contributed by atoms with E-state index in [2.05, 4.69) is 26.2 Å². The van der Waals surface area contributed by atoms with E-state index in [1.54, 1.807) is 12.3 Å². The van der Waals surface area contributed by atoms with Crippen LogP contribution < -0.4 is 10.5 Å². The summed E-state index contributed by atoms with van der Waals surface area (Å²) in [6.45, 7) is 1.97. The number of nitrogens with two attached hydrogens (primary N) is 1. The van der Waals surface area contributed by atoms with Crippen molar-refractivity contribution in [1.82, 2.24) is 4.98 Å². The van der Waals surface area contributed by atoms with Gasteiger partial charge >= 0.3 is 0 Å². The van der Waals surface area contributed by atoms with Crippen LogP contribution in [0.1, 0.15) is 18.7 Å². The summed E-state index contributed by atoms with van der Waals surface area (Å²) in [5.74, 6) is 0. The molecular formula is C13H14BrN3O2S. The molecule has 7 heteroatoms. The van der Waals surface area contributed by atoms with Gasteiger partial charge in [0, 0.05) is 16.4 Å². The molecule has 0 spiro atoms. The van der Waals surface area contributed by atoms with Crippen molar-refractivity contribution in [3.63, 3.8) is 0 Å². The van der Waals surface area contributed by atoms with Crippen LogP contribution >= 0.6 is 15.9 Å². The Morgan fingerprint density at radius 2 is 2.05 bits per heavy atom. The first-order valence-corrected chi connectivity index (χ1v) is 8.21. The molecule has 0 saturated heterocycles. The molecule has 0 fully saturated rings. The Morgan fingerprint density at radius 1 is 1.30 bits per heavy atom. The van der Waals surface area contributed by atoms with Crippen LogP contribution in [0.4, 0.5) is 5.69 Å². The Kier molecular flexibility index (Phi) is 4.42. The molecule has 0 aliphatic carbocycles. The van der Waals surface area contributed by atoms with E-state index in [0.29, 0.717) is 4.47 Å². The standard InChI is InChI=1S/C13H14BrN3O2S/c1-9(12-4-2-3-7-16-12)17-13-6-5-10(8-11(13)14)20(15,18)19/h2-9,17H,1H3,(H2,15,18,19). The first kappa shape index (κ1) is 15.0. The molecule has 1 aromatic heterocycles. The fourth-order valence-corrected chi connectivity index (χ4v) is 2.91. The Hall–Kier alpha value is -1.44. The third kappa shape index (κ3) is 3.56. The lowest BCUT2D eigenvalue weighted by Crippen LogP contribution is -2.13. The lowest BCUT2D eigenvalue weighted by molar-refractivity contribution is 0.598. The van der Waals surface area contributed by atoms with Crippen molar-refractivity contribution < 1.29 is 8.42 Å². The van der Waals surface area contributed by atoms with E-state index >= 15 is 0 Å². The predicted molar refractivity (Wildman–Crippen MR) is 81.8 cm³/mol. The van der Waals surface area contributed by atoms with Gasteiger partial charge in [0.2, 0.25) is 10.0 Å². The van der Waals surface area contributed by atoms with Crippen molar-refractivity contribution in [2.75, 3.05) is 5.32 Å². The van der Waals surface area contributed by atoms with Crippen LogP contribution in [0.25, 0.3) is 0 Å². The fraction of sp³-hybridized carbons (Fsp3) is 0.154. The van der Waals surface area contributed by atoms with Gasteiger partial charge in [-0.1, -0.05) is 6.07 Å². The molecular weight excluding hydrogens is 342 g/mol. The van der Waals surface area contributed by atoms with Crippen LogP contribution in [-0.2, 0) is 10.0 Å². The molecule has 1 atom stereocenters. The fourth-order valence-electron chi connectivity index (χ4n) is 1.73. The van der Waals surface area contributed by atoms with Crippen molar-refractivity contribution in [1.29, 1.82) is 0 Å². The van der Waals surface area contributed by atoms with Crippen molar-refractivity contribution in [3.8, 4) is 0 Å². The van der Waals surface area contributed by atoms with Crippen LogP contribution in [0.2, 0.25) is 0 Å². The number of nitrogens with zero attached hydrogens (tertiary/aromatic N) is 1. The quantitative estimate of drug-likeness (QED) is 0.882. The van der Waals surface area contributed by atoms with Crippen LogP contribution in [0, 0.1) is 0 Å². The first-order valence-electron chi connectivity index (χ1n) is 5.88. The highest BCUT2D eigenvalue weighted by atomic mass is 79.9. The molecule has 20 heavy (non-hydrogen) atoms. The Bertz CT molecular complexity index is 705. The van der Waals surface area contributed by atoms with Gasteiger partial charge in [-0.15, -0.1) is 0 Å². The Labute approximate surface area is 126 Å². The van der Waals surface area contributed by atoms with E-state index in [9.17, 15) is 8.42 Å². The minimum atomic E-state index is -3.69. The molecule has 2 rings (SSSR count). The van der Waals surface area contributed by atoms with Gasteiger partial charge in [0.1, 0.15) is 0 Å². The molecule has 0 saturated carbocycles. The normalized spacial score (nSPS) is 12.9. The molecule has 0 aliphatic heterocycles. The average molecular weight is 356 g/mol. The number of rotatable bonds is 4. The summed E-state index contributed by atoms with van der Waals surface area (Å²) in [5.41, 5.74) is 1.67. The molecule has 5 nitrogen and oxygen atoms in total. The van der Waals surface area contributed by atoms with Gasteiger partial charge in [-0.25, -0.2) is 13.6 Å². The second kappa shape index (κ2) is 5.90. The van der Waals surface area contributed by atoms with E-state index in [1.807, 2.05) is 25.1 Å². The lowest BCUT2D eigenvalue weighted by Gasteiger charge is -2.16. The highest BCUT2D eigenvalue weighted by molar-refractivity contribution is 9.10. The van der Waals surface area contributed by atoms with Gasteiger partial charge in [0.15, 0.2) is 0 Å². The largest absolute Gasteiger partial charge is 0.376 e. The van der Waals surface area contributed by atoms with Crippen LogP contribution in [0.5, 0.6) is 0 Å². The number of pyridine rings is 1. The number of hydrogen-bond acceptors (Lipinski definition) is 4. The van der Waals surface area contributed by atoms with Gasteiger partial charge in [-0.2, -0.15) is 0 Å². The SMILES string of the molecule is CC(Nc1ccc(S(N)(=O)=O)cc1Br)c1ccccn1. The molecule has 1 aromatic carbocycles. The summed E-state index contributed by atoms with van der Waals surface area (Å²) in [4.78, 5) is 4.34. The Morgan fingerprint density at radius 3 is 2.60 bits per heavy atom. The predicted octanol–water partition coefficient (Wildman–Crippen LogP) is 2.66.